The van der Waals surface area contributed by atoms with E-state index in [1.54, 1.807) is 6.07 Å². The molecule has 0 aromatic heterocycles. The molecule has 1 aromatic carbocycles. The van der Waals surface area contributed by atoms with Gasteiger partial charge in [-0.1, -0.05) is 11.6 Å². The summed E-state index contributed by atoms with van der Waals surface area (Å²) in [4.78, 5) is 2.05. The third kappa shape index (κ3) is 5.45. The maximum absolute atomic E-state index is 13.4. The molecule has 3 nitrogen and oxygen atoms in total. The molecule has 1 rings (SSSR count). The van der Waals surface area contributed by atoms with Gasteiger partial charge in [-0.2, -0.15) is 0 Å². The molecule has 19 heavy (non-hydrogen) atoms. The van der Waals surface area contributed by atoms with E-state index in [-0.39, 0.29) is 18.0 Å². The van der Waals surface area contributed by atoms with Crippen molar-refractivity contribution >= 4 is 11.6 Å². The number of nitrogens with zero attached hydrogens (tertiary/aromatic N) is 1. The summed E-state index contributed by atoms with van der Waals surface area (Å²) in [6, 6.07) is 4.45. The molecule has 2 N–H and O–H groups in total. The minimum Gasteiger partial charge on any atom is -0.377 e. The summed E-state index contributed by atoms with van der Waals surface area (Å²) in [5, 5.41) is 0.389. The minimum atomic E-state index is -0.340. The zero-order valence-electron chi connectivity index (χ0n) is 11.7. The molecular weight excluding hydrogens is 267 g/mol. The van der Waals surface area contributed by atoms with Gasteiger partial charge in [-0.3, -0.25) is 4.90 Å². The number of halogens is 2. The Morgan fingerprint density at radius 2 is 2.05 bits per heavy atom. The second-order valence-corrected chi connectivity index (χ2v) is 5.29. The number of rotatable bonds is 7. The first-order valence-electron chi connectivity index (χ1n) is 6.42. The molecule has 0 aliphatic heterocycles. The molecule has 0 aliphatic carbocycles. The fourth-order valence-corrected chi connectivity index (χ4v) is 2.16. The molecule has 0 bridgehead atoms. The van der Waals surface area contributed by atoms with Crippen LogP contribution in [0.25, 0.3) is 0 Å². The molecule has 0 amide bonds. The Hall–Kier alpha value is -0.680. The maximum Gasteiger partial charge on any atom is 0.125 e. The smallest absolute Gasteiger partial charge is 0.125 e. The normalized spacial score (nSPS) is 13.3. The average molecular weight is 289 g/mol. The highest BCUT2D eigenvalue weighted by molar-refractivity contribution is 6.30. The summed E-state index contributed by atoms with van der Waals surface area (Å²) < 4.78 is 18.9. The molecule has 0 saturated carbocycles. The quantitative estimate of drug-likeness (QED) is 0.838. The predicted octanol–water partition coefficient (Wildman–Crippen LogP) is 2.84. The van der Waals surface area contributed by atoms with Crippen LogP contribution in [0.4, 0.5) is 4.39 Å². The molecule has 0 heterocycles. The summed E-state index contributed by atoms with van der Waals surface area (Å²) in [6.45, 7) is 5.74. The molecule has 1 aromatic rings. The largest absolute Gasteiger partial charge is 0.377 e. The van der Waals surface area contributed by atoms with Crippen molar-refractivity contribution < 1.29 is 9.13 Å². The highest BCUT2D eigenvalue weighted by Gasteiger charge is 2.16. The number of hydrogen-bond acceptors (Lipinski definition) is 3. The van der Waals surface area contributed by atoms with Crippen LogP contribution in [0.2, 0.25) is 5.02 Å². The molecule has 0 spiro atoms. The lowest BCUT2D eigenvalue weighted by Gasteiger charge is -2.27. The van der Waals surface area contributed by atoms with Gasteiger partial charge in [0.05, 0.1) is 12.7 Å². The lowest BCUT2D eigenvalue weighted by atomic mass is 10.1. The van der Waals surface area contributed by atoms with Gasteiger partial charge < -0.3 is 10.5 Å². The molecule has 0 radical (unpaired) electrons. The summed E-state index contributed by atoms with van der Waals surface area (Å²) in [7, 11) is 1.94. The average Bonchev–Trinajstić information content (AvgIpc) is 2.27. The molecular formula is C14H22ClFN2O. The number of likely N-dealkylation sites (N-methyl/N-ethyl adjacent to an activating group) is 1. The zero-order valence-corrected chi connectivity index (χ0v) is 12.5. The van der Waals surface area contributed by atoms with Crippen molar-refractivity contribution in [2.24, 2.45) is 5.73 Å². The third-order valence-electron chi connectivity index (χ3n) is 2.92. The second kappa shape index (κ2) is 7.80. The van der Waals surface area contributed by atoms with Crippen molar-refractivity contribution in [3.05, 3.63) is 34.6 Å². The van der Waals surface area contributed by atoms with Gasteiger partial charge in [-0.25, -0.2) is 4.39 Å². The van der Waals surface area contributed by atoms with Crippen LogP contribution in [0.3, 0.4) is 0 Å². The third-order valence-corrected chi connectivity index (χ3v) is 3.14. The van der Waals surface area contributed by atoms with Crippen molar-refractivity contribution in [1.29, 1.82) is 0 Å². The van der Waals surface area contributed by atoms with Crippen LogP contribution in [0, 0.1) is 5.82 Å². The Morgan fingerprint density at radius 1 is 1.37 bits per heavy atom. The monoisotopic (exact) mass is 288 g/mol. The Labute approximate surface area is 119 Å². The maximum atomic E-state index is 13.4. The van der Waals surface area contributed by atoms with Gasteiger partial charge in [0.2, 0.25) is 0 Å². The van der Waals surface area contributed by atoms with Crippen molar-refractivity contribution in [2.75, 3.05) is 26.7 Å². The summed E-state index contributed by atoms with van der Waals surface area (Å²) in [5.41, 5.74) is 6.58. The fraction of sp³-hybridized carbons (Fsp3) is 0.571. The van der Waals surface area contributed by atoms with Crippen LogP contribution < -0.4 is 5.73 Å². The summed E-state index contributed by atoms with van der Waals surface area (Å²) >= 11 is 5.88. The van der Waals surface area contributed by atoms with Gasteiger partial charge in [0.15, 0.2) is 0 Å². The van der Waals surface area contributed by atoms with E-state index in [0.717, 1.165) is 12.1 Å². The van der Waals surface area contributed by atoms with Crippen molar-refractivity contribution in [3.63, 3.8) is 0 Å². The van der Waals surface area contributed by atoms with Crippen LogP contribution >= 0.6 is 11.6 Å². The van der Waals surface area contributed by atoms with Gasteiger partial charge in [0.1, 0.15) is 5.82 Å². The van der Waals surface area contributed by atoms with Gasteiger partial charge in [-0.05, 0) is 44.7 Å². The van der Waals surface area contributed by atoms with Crippen molar-refractivity contribution in [1.82, 2.24) is 4.90 Å². The Morgan fingerprint density at radius 3 is 2.58 bits per heavy atom. The number of hydrogen-bond donors (Lipinski definition) is 1. The van der Waals surface area contributed by atoms with Gasteiger partial charge in [0, 0.05) is 24.2 Å². The highest BCUT2D eigenvalue weighted by Crippen LogP contribution is 2.23. The predicted molar refractivity (Wildman–Crippen MR) is 76.9 cm³/mol. The topological polar surface area (TPSA) is 38.5 Å². The number of benzene rings is 1. The molecule has 0 saturated heterocycles. The SMILES string of the molecule is CC(C)OCCN(C)C(CN)c1cc(F)cc(Cl)c1. The Bertz CT molecular complexity index is 381. The lowest BCUT2D eigenvalue weighted by molar-refractivity contribution is 0.0564. The first-order valence-corrected chi connectivity index (χ1v) is 6.79. The van der Waals surface area contributed by atoms with Crippen LogP contribution in [0.1, 0.15) is 25.5 Å². The van der Waals surface area contributed by atoms with Crippen LogP contribution in [0.15, 0.2) is 18.2 Å². The van der Waals surface area contributed by atoms with Crippen molar-refractivity contribution in [2.45, 2.75) is 26.0 Å². The summed E-state index contributed by atoms with van der Waals surface area (Å²) in [5.74, 6) is -0.340. The van der Waals surface area contributed by atoms with Crippen LogP contribution in [-0.4, -0.2) is 37.7 Å². The van der Waals surface area contributed by atoms with Crippen LogP contribution in [0.5, 0.6) is 0 Å². The molecule has 5 heteroatoms. The number of nitrogens with two attached hydrogens (primary N) is 1. The number of ether oxygens (including phenoxy) is 1. The molecule has 1 unspecified atom stereocenters. The first-order chi connectivity index (χ1) is 8.93. The molecule has 1 atom stereocenters. The molecule has 0 fully saturated rings. The standard InChI is InChI=1S/C14H22ClFN2O/c1-10(2)19-5-4-18(3)14(9-17)11-6-12(15)8-13(16)7-11/h6-8,10,14H,4-5,9,17H2,1-3H3. The van der Waals surface area contributed by atoms with Gasteiger partial charge in [0.25, 0.3) is 0 Å². The first kappa shape index (κ1) is 16.4. The van der Waals surface area contributed by atoms with Gasteiger partial charge >= 0.3 is 0 Å². The Kier molecular flexibility index (Phi) is 6.72. The lowest BCUT2D eigenvalue weighted by Crippen LogP contribution is -2.33. The molecule has 108 valence electrons. The van der Waals surface area contributed by atoms with Crippen molar-refractivity contribution in [3.8, 4) is 0 Å². The molecule has 0 aliphatic rings. The van der Waals surface area contributed by atoms with E-state index in [4.69, 9.17) is 22.1 Å². The second-order valence-electron chi connectivity index (χ2n) is 4.85. The van der Waals surface area contributed by atoms with Gasteiger partial charge in [-0.15, -0.1) is 0 Å². The van der Waals surface area contributed by atoms with E-state index in [2.05, 4.69) is 0 Å². The fourth-order valence-electron chi connectivity index (χ4n) is 1.93. The summed E-state index contributed by atoms with van der Waals surface area (Å²) in [6.07, 6.45) is 0.202. The zero-order chi connectivity index (χ0) is 14.4. The highest BCUT2D eigenvalue weighted by atomic mass is 35.5. The van der Waals surface area contributed by atoms with E-state index < -0.39 is 0 Å². The van der Waals surface area contributed by atoms with Crippen LogP contribution in [-0.2, 0) is 4.74 Å². The van der Waals surface area contributed by atoms with E-state index in [9.17, 15) is 4.39 Å². The van der Waals surface area contributed by atoms with E-state index >= 15 is 0 Å². The van der Waals surface area contributed by atoms with E-state index in [0.29, 0.717) is 18.2 Å². The minimum absolute atomic E-state index is 0.0658. The van der Waals surface area contributed by atoms with E-state index in [1.165, 1.54) is 12.1 Å². The van der Waals surface area contributed by atoms with E-state index in [1.807, 2.05) is 25.8 Å². The Balaban J connectivity index is 2.70.